The van der Waals surface area contributed by atoms with E-state index in [0.29, 0.717) is 18.8 Å². The van der Waals surface area contributed by atoms with Crippen molar-refractivity contribution >= 4 is 5.97 Å². The number of hydrogen-bond acceptors (Lipinski definition) is 4. The maximum Gasteiger partial charge on any atom is 0.373 e. The van der Waals surface area contributed by atoms with E-state index in [0.717, 1.165) is 12.0 Å². The summed E-state index contributed by atoms with van der Waals surface area (Å²) >= 11 is 0. The van der Waals surface area contributed by atoms with E-state index in [1.807, 2.05) is 19.9 Å². The van der Waals surface area contributed by atoms with Crippen LogP contribution in [0.4, 0.5) is 0 Å². The van der Waals surface area contributed by atoms with Crippen LogP contribution in [0.3, 0.4) is 0 Å². The van der Waals surface area contributed by atoms with Gasteiger partial charge in [0.2, 0.25) is 0 Å². The van der Waals surface area contributed by atoms with Crippen LogP contribution in [0.25, 0.3) is 0 Å². The highest BCUT2D eigenvalue weighted by atomic mass is 17.2. The van der Waals surface area contributed by atoms with E-state index in [-0.39, 0.29) is 6.61 Å². The third-order valence-corrected chi connectivity index (χ3v) is 2.05. The van der Waals surface area contributed by atoms with Gasteiger partial charge in [-0.1, -0.05) is 24.6 Å². The van der Waals surface area contributed by atoms with Crippen molar-refractivity contribution in [2.24, 2.45) is 0 Å². The van der Waals surface area contributed by atoms with Gasteiger partial charge in [0, 0.05) is 6.61 Å². The van der Waals surface area contributed by atoms with Gasteiger partial charge in [-0.05, 0) is 25.5 Å². The highest BCUT2D eigenvalue weighted by Gasteiger charge is 2.07. The summed E-state index contributed by atoms with van der Waals surface area (Å²) in [7, 11) is 0. The van der Waals surface area contributed by atoms with E-state index in [9.17, 15) is 4.79 Å². The van der Waals surface area contributed by atoms with Crippen LogP contribution in [0.5, 0.6) is 0 Å². The second-order valence-corrected chi connectivity index (χ2v) is 3.67. The van der Waals surface area contributed by atoms with Crippen LogP contribution in [0, 0.1) is 6.92 Å². The zero-order chi connectivity index (χ0) is 12.5. The standard InChI is InChI=1S/C13H18O4/c1-3-7-15-8-9-16-17-13(14)12-6-4-5-11(2)10-12/h4-6,10H,3,7-9H2,1-2H3. The number of carbonyl (C=O) groups excluding carboxylic acids is 1. The fourth-order valence-corrected chi connectivity index (χ4v) is 1.25. The van der Waals surface area contributed by atoms with Crippen LogP contribution in [0.1, 0.15) is 29.3 Å². The van der Waals surface area contributed by atoms with Crippen LogP contribution < -0.4 is 0 Å². The molecule has 0 amide bonds. The van der Waals surface area contributed by atoms with Gasteiger partial charge in [0.05, 0.1) is 12.2 Å². The first-order chi connectivity index (χ1) is 8.24. The van der Waals surface area contributed by atoms with Crippen molar-refractivity contribution in [1.29, 1.82) is 0 Å². The number of carbonyl (C=O) groups is 1. The molecular formula is C13H18O4. The van der Waals surface area contributed by atoms with Crippen LogP contribution in [0.15, 0.2) is 24.3 Å². The number of ether oxygens (including phenoxy) is 1. The van der Waals surface area contributed by atoms with Gasteiger partial charge in [0.15, 0.2) is 0 Å². The fourth-order valence-electron chi connectivity index (χ4n) is 1.25. The van der Waals surface area contributed by atoms with E-state index >= 15 is 0 Å². The molecule has 0 saturated heterocycles. The van der Waals surface area contributed by atoms with E-state index in [1.54, 1.807) is 18.2 Å². The quantitative estimate of drug-likeness (QED) is 0.416. The van der Waals surface area contributed by atoms with E-state index in [2.05, 4.69) is 4.89 Å². The maximum atomic E-state index is 11.5. The van der Waals surface area contributed by atoms with Gasteiger partial charge in [-0.2, -0.15) is 4.89 Å². The molecule has 0 aliphatic rings. The van der Waals surface area contributed by atoms with Gasteiger partial charge in [0.1, 0.15) is 6.61 Å². The van der Waals surface area contributed by atoms with Crippen LogP contribution in [-0.4, -0.2) is 25.8 Å². The second-order valence-electron chi connectivity index (χ2n) is 3.67. The summed E-state index contributed by atoms with van der Waals surface area (Å²) in [6.45, 7) is 5.30. The first-order valence-electron chi connectivity index (χ1n) is 5.72. The Balaban J connectivity index is 2.21. The molecule has 0 spiro atoms. The Hall–Kier alpha value is -1.39. The highest BCUT2D eigenvalue weighted by molar-refractivity contribution is 5.89. The molecule has 0 aliphatic heterocycles. The van der Waals surface area contributed by atoms with Gasteiger partial charge in [-0.15, -0.1) is 0 Å². The number of rotatable bonds is 7. The molecule has 4 heteroatoms. The smallest absolute Gasteiger partial charge is 0.373 e. The van der Waals surface area contributed by atoms with Crippen LogP contribution in [0.2, 0.25) is 0 Å². The summed E-state index contributed by atoms with van der Waals surface area (Å²) < 4.78 is 5.17. The molecule has 1 aromatic carbocycles. The first-order valence-corrected chi connectivity index (χ1v) is 5.72. The van der Waals surface area contributed by atoms with Gasteiger partial charge in [-0.25, -0.2) is 4.79 Å². The molecule has 0 fully saturated rings. The Bertz CT molecular complexity index is 349. The Morgan fingerprint density at radius 2 is 2.06 bits per heavy atom. The largest absolute Gasteiger partial charge is 0.379 e. The lowest BCUT2D eigenvalue weighted by atomic mass is 10.1. The minimum Gasteiger partial charge on any atom is -0.379 e. The van der Waals surface area contributed by atoms with Gasteiger partial charge in [-0.3, -0.25) is 4.89 Å². The zero-order valence-electron chi connectivity index (χ0n) is 10.3. The van der Waals surface area contributed by atoms with Crippen molar-refractivity contribution in [3.63, 3.8) is 0 Å². The monoisotopic (exact) mass is 238 g/mol. The maximum absolute atomic E-state index is 11.5. The molecule has 0 aromatic heterocycles. The minimum atomic E-state index is -0.482. The van der Waals surface area contributed by atoms with E-state index in [1.165, 1.54) is 0 Å². The molecule has 1 aromatic rings. The lowest BCUT2D eigenvalue weighted by molar-refractivity contribution is -0.247. The first kappa shape index (κ1) is 13.7. The lowest BCUT2D eigenvalue weighted by Gasteiger charge is -2.04. The Labute approximate surface area is 101 Å². The summed E-state index contributed by atoms with van der Waals surface area (Å²) in [5.41, 5.74) is 1.49. The molecule has 0 aliphatic carbocycles. The molecule has 0 N–H and O–H groups in total. The van der Waals surface area contributed by atoms with E-state index in [4.69, 9.17) is 9.62 Å². The van der Waals surface area contributed by atoms with Crippen molar-refractivity contribution in [2.75, 3.05) is 19.8 Å². The third kappa shape index (κ3) is 5.47. The molecule has 0 heterocycles. The summed E-state index contributed by atoms with van der Waals surface area (Å²) in [6.07, 6.45) is 0.961. The molecule has 4 nitrogen and oxygen atoms in total. The molecule has 0 unspecified atom stereocenters. The average Bonchev–Trinajstić information content (AvgIpc) is 2.33. The van der Waals surface area contributed by atoms with Gasteiger partial charge in [0.25, 0.3) is 0 Å². The zero-order valence-corrected chi connectivity index (χ0v) is 10.3. The molecule has 1 rings (SSSR count). The van der Waals surface area contributed by atoms with Crippen molar-refractivity contribution < 1.29 is 19.3 Å². The summed E-state index contributed by atoms with van der Waals surface area (Å²) in [4.78, 5) is 20.9. The molecule has 0 saturated carbocycles. The van der Waals surface area contributed by atoms with Gasteiger partial charge >= 0.3 is 5.97 Å². The SMILES string of the molecule is CCCOCCOOC(=O)c1cccc(C)c1. The summed E-state index contributed by atoms with van der Waals surface area (Å²) in [6, 6.07) is 7.15. The molecule has 17 heavy (non-hydrogen) atoms. The number of benzene rings is 1. The predicted octanol–water partition coefficient (Wildman–Crippen LogP) is 2.51. The van der Waals surface area contributed by atoms with Crippen molar-refractivity contribution in [3.05, 3.63) is 35.4 Å². The number of hydrogen-bond donors (Lipinski definition) is 0. The van der Waals surface area contributed by atoms with Crippen LogP contribution >= 0.6 is 0 Å². The Morgan fingerprint density at radius 1 is 1.24 bits per heavy atom. The Morgan fingerprint density at radius 3 is 2.76 bits per heavy atom. The average molecular weight is 238 g/mol. The molecular weight excluding hydrogens is 220 g/mol. The summed E-state index contributed by atoms with van der Waals surface area (Å²) in [5.74, 6) is -0.482. The minimum absolute atomic E-state index is 0.248. The van der Waals surface area contributed by atoms with Gasteiger partial charge < -0.3 is 4.74 Å². The molecule has 0 atom stereocenters. The second kappa shape index (κ2) is 7.81. The third-order valence-electron chi connectivity index (χ3n) is 2.05. The van der Waals surface area contributed by atoms with Crippen molar-refractivity contribution in [3.8, 4) is 0 Å². The Kier molecular flexibility index (Phi) is 6.29. The summed E-state index contributed by atoms with van der Waals surface area (Å²) in [5, 5.41) is 0. The molecule has 0 radical (unpaired) electrons. The predicted molar refractivity (Wildman–Crippen MR) is 63.7 cm³/mol. The van der Waals surface area contributed by atoms with Crippen molar-refractivity contribution in [2.45, 2.75) is 20.3 Å². The topological polar surface area (TPSA) is 44.8 Å². The molecule has 94 valence electrons. The van der Waals surface area contributed by atoms with E-state index < -0.39 is 5.97 Å². The highest BCUT2D eigenvalue weighted by Crippen LogP contribution is 2.05. The lowest BCUT2D eigenvalue weighted by Crippen LogP contribution is -2.10. The normalized spacial score (nSPS) is 10.2. The van der Waals surface area contributed by atoms with Crippen LogP contribution in [-0.2, 0) is 14.5 Å². The fraction of sp³-hybridized carbons (Fsp3) is 0.462. The number of aryl methyl sites for hydroxylation is 1. The molecule has 0 bridgehead atoms. The van der Waals surface area contributed by atoms with Crippen molar-refractivity contribution in [1.82, 2.24) is 0 Å².